The molecule has 3 N–H and O–H groups in total. The van der Waals surface area contributed by atoms with Crippen molar-refractivity contribution in [3.8, 4) is 0 Å². The van der Waals surface area contributed by atoms with Gasteiger partial charge in [0.1, 0.15) is 0 Å². The number of carbonyl (C=O) groups excluding carboxylic acids is 1. The number of benzene rings is 1. The number of amides is 1. The van der Waals surface area contributed by atoms with E-state index in [0.717, 1.165) is 11.3 Å². The SMILES string of the molecule is Cc1cc2c(C)c(C)[nH]c2c2c1NC(=O)C[C@]2(O)C(F)(F)F. The van der Waals surface area contributed by atoms with E-state index in [1.54, 1.807) is 26.8 Å². The molecule has 7 heteroatoms. The summed E-state index contributed by atoms with van der Waals surface area (Å²) in [6, 6.07) is 1.72. The lowest BCUT2D eigenvalue weighted by molar-refractivity contribution is -0.267. The molecule has 0 aliphatic carbocycles. The molecule has 118 valence electrons. The molecule has 0 radical (unpaired) electrons. The zero-order valence-corrected chi connectivity index (χ0v) is 12.3. The van der Waals surface area contributed by atoms with Crippen molar-refractivity contribution in [2.45, 2.75) is 39.0 Å². The first-order valence-electron chi connectivity index (χ1n) is 6.78. The van der Waals surface area contributed by atoms with Gasteiger partial charge >= 0.3 is 6.18 Å². The maximum atomic E-state index is 13.5. The molecule has 1 aliphatic rings. The Hall–Kier alpha value is -2.02. The van der Waals surface area contributed by atoms with Gasteiger partial charge in [0.2, 0.25) is 5.91 Å². The third kappa shape index (κ3) is 1.78. The Morgan fingerprint density at radius 1 is 1.27 bits per heavy atom. The van der Waals surface area contributed by atoms with E-state index in [0.29, 0.717) is 10.9 Å². The Bertz CT molecular complexity index is 807. The number of aliphatic hydroxyl groups is 1. The van der Waals surface area contributed by atoms with Gasteiger partial charge < -0.3 is 15.4 Å². The second-order valence-corrected chi connectivity index (χ2v) is 5.82. The zero-order valence-electron chi connectivity index (χ0n) is 12.3. The van der Waals surface area contributed by atoms with Gasteiger partial charge in [-0.2, -0.15) is 13.2 Å². The first kappa shape index (κ1) is 14.9. The summed E-state index contributed by atoms with van der Waals surface area (Å²) in [6.07, 6.45) is -5.99. The van der Waals surface area contributed by atoms with Crippen molar-refractivity contribution in [3.63, 3.8) is 0 Å². The molecule has 0 fully saturated rings. The third-order valence-corrected chi connectivity index (χ3v) is 4.37. The number of rotatable bonds is 0. The highest BCUT2D eigenvalue weighted by atomic mass is 19.4. The highest BCUT2D eigenvalue weighted by Gasteiger charge is 2.59. The Morgan fingerprint density at radius 2 is 1.91 bits per heavy atom. The maximum absolute atomic E-state index is 13.5. The molecule has 22 heavy (non-hydrogen) atoms. The van der Waals surface area contributed by atoms with Crippen LogP contribution in [0.1, 0.15) is 28.8 Å². The van der Waals surface area contributed by atoms with E-state index in [-0.39, 0.29) is 16.8 Å². The van der Waals surface area contributed by atoms with Crippen molar-refractivity contribution in [1.82, 2.24) is 4.98 Å². The number of alkyl halides is 3. The normalized spacial score (nSPS) is 21.9. The van der Waals surface area contributed by atoms with Crippen LogP contribution < -0.4 is 5.32 Å². The first-order chi connectivity index (χ1) is 10.1. The van der Waals surface area contributed by atoms with Crippen LogP contribution in [-0.4, -0.2) is 22.2 Å². The molecular formula is C15H15F3N2O2. The molecule has 0 saturated carbocycles. The summed E-state index contributed by atoms with van der Waals surface area (Å²) < 4.78 is 40.5. The predicted octanol–water partition coefficient (Wildman–Crippen LogP) is 3.19. The van der Waals surface area contributed by atoms with E-state index in [1.807, 2.05) is 0 Å². The highest BCUT2D eigenvalue weighted by molar-refractivity contribution is 6.03. The number of carbonyl (C=O) groups is 1. The molecular weight excluding hydrogens is 297 g/mol. The van der Waals surface area contributed by atoms with E-state index < -0.39 is 24.1 Å². The molecule has 1 aromatic heterocycles. The van der Waals surface area contributed by atoms with Crippen molar-refractivity contribution in [1.29, 1.82) is 0 Å². The van der Waals surface area contributed by atoms with Crippen LogP contribution >= 0.6 is 0 Å². The Labute approximate surface area is 124 Å². The second-order valence-electron chi connectivity index (χ2n) is 5.82. The summed E-state index contributed by atoms with van der Waals surface area (Å²) in [5, 5.41) is 13.4. The molecule has 2 aromatic rings. The van der Waals surface area contributed by atoms with E-state index >= 15 is 0 Å². The molecule has 3 rings (SSSR count). The van der Waals surface area contributed by atoms with Crippen LogP contribution in [-0.2, 0) is 10.4 Å². The average molecular weight is 312 g/mol. The van der Waals surface area contributed by atoms with Crippen molar-refractivity contribution in [3.05, 3.63) is 28.5 Å². The van der Waals surface area contributed by atoms with Crippen molar-refractivity contribution >= 4 is 22.5 Å². The predicted molar refractivity (Wildman–Crippen MR) is 75.7 cm³/mol. The molecule has 0 spiro atoms. The fourth-order valence-corrected chi connectivity index (χ4v) is 3.05. The van der Waals surface area contributed by atoms with E-state index in [9.17, 15) is 23.1 Å². The topological polar surface area (TPSA) is 65.1 Å². The number of anilines is 1. The largest absolute Gasteiger partial charge is 0.422 e. The van der Waals surface area contributed by atoms with Crippen LogP contribution in [0.5, 0.6) is 0 Å². The summed E-state index contributed by atoms with van der Waals surface area (Å²) in [7, 11) is 0. The number of aryl methyl sites for hydroxylation is 3. The lowest BCUT2D eigenvalue weighted by Crippen LogP contribution is -2.48. The summed E-state index contributed by atoms with van der Waals surface area (Å²) >= 11 is 0. The minimum absolute atomic E-state index is 0.0322. The van der Waals surface area contributed by atoms with Gasteiger partial charge in [-0.15, -0.1) is 0 Å². The molecule has 1 aliphatic heterocycles. The van der Waals surface area contributed by atoms with Gasteiger partial charge in [0.25, 0.3) is 0 Å². The van der Waals surface area contributed by atoms with Gasteiger partial charge in [-0.25, -0.2) is 0 Å². The number of H-pyrrole nitrogens is 1. The van der Waals surface area contributed by atoms with Crippen molar-refractivity contribution < 1.29 is 23.1 Å². The van der Waals surface area contributed by atoms with Crippen LogP contribution in [0, 0.1) is 20.8 Å². The molecule has 0 saturated heterocycles. The van der Waals surface area contributed by atoms with E-state index in [4.69, 9.17) is 0 Å². The van der Waals surface area contributed by atoms with Crippen LogP contribution in [0.3, 0.4) is 0 Å². The van der Waals surface area contributed by atoms with Gasteiger partial charge in [-0.05, 0) is 38.0 Å². The fourth-order valence-electron chi connectivity index (χ4n) is 3.05. The van der Waals surface area contributed by atoms with Gasteiger partial charge in [0.15, 0.2) is 5.60 Å². The van der Waals surface area contributed by atoms with Crippen molar-refractivity contribution in [2.75, 3.05) is 5.32 Å². The molecule has 4 nitrogen and oxygen atoms in total. The van der Waals surface area contributed by atoms with Crippen LogP contribution in [0.25, 0.3) is 10.9 Å². The summed E-state index contributed by atoms with van der Waals surface area (Å²) in [5.41, 5.74) is -1.21. The van der Waals surface area contributed by atoms with Gasteiger partial charge in [0.05, 0.1) is 17.6 Å². The third-order valence-electron chi connectivity index (χ3n) is 4.37. The maximum Gasteiger partial charge on any atom is 0.422 e. The molecule has 1 atom stereocenters. The quantitative estimate of drug-likeness (QED) is 0.699. The number of hydrogen-bond acceptors (Lipinski definition) is 2. The number of halogens is 3. The van der Waals surface area contributed by atoms with Crippen LogP contribution in [0.4, 0.5) is 18.9 Å². The molecule has 2 heterocycles. The monoisotopic (exact) mass is 312 g/mol. The van der Waals surface area contributed by atoms with Crippen molar-refractivity contribution in [2.24, 2.45) is 0 Å². The van der Waals surface area contributed by atoms with E-state index in [2.05, 4.69) is 10.3 Å². The Kier molecular flexibility index (Phi) is 2.88. The highest BCUT2D eigenvalue weighted by Crippen LogP contribution is 2.50. The Balaban J connectivity index is 2.48. The number of nitrogens with one attached hydrogen (secondary N) is 2. The zero-order chi connectivity index (χ0) is 16.4. The Morgan fingerprint density at radius 3 is 2.50 bits per heavy atom. The van der Waals surface area contributed by atoms with Gasteiger partial charge in [0, 0.05) is 16.6 Å². The van der Waals surface area contributed by atoms with Gasteiger partial charge in [-0.1, -0.05) is 0 Å². The lowest BCUT2D eigenvalue weighted by Gasteiger charge is -2.36. The molecule has 0 bridgehead atoms. The second kappa shape index (κ2) is 4.25. The number of fused-ring (bicyclic) bond motifs is 3. The van der Waals surface area contributed by atoms with Crippen LogP contribution in [0.2, 0.25) is 0 Å². The minimum atomic E-state index is -4.95. The van der Waals surface area contributed by atoms with Gasteiger partial charge in [-0.3, -0.25) is 4.79 Å². The number of aromatic amines is 1. The molecule has 1 aromatic carbocycles. The fraction of sp³-hybridized carbons (Fsp3) is 0.400. The molecule has 0 unspecified atom stereocenters. The lowest BCUT2D eigenvalue weighted by atomic mass is 9.82. The summed E-state index contributed by atoms with van der Waals surface area (Å²) in [4.78, 5) is 14.6. The summed E-state index contributed by atoms with van der Waals surface area (Å²) in [5.74, 6) is -0.852. The standard InChI is InChI=1S/C15H15F3N2O2/c1-6-4-9-7(2)8(3)19-13(9)11-12(6)20-10(21)5-14(11,22)15(16,17)18/h4,19,22H,5H2,1-3H3,(H,20,21)/t14-/m1/s1. The summed E-state index contributed by atoms with van der Waals surface area (Å²) in [6.45, 7) is 5.17. The number of hydrogen-bond donors (Lipinski definition) is 3. The minimum Gasteiger partial charge on any atom is -0.376 e. The first-order valence-corrected chi connectivity index (χ1v) is 6.78. The average Bonchev–Trinajstić information content (AvgIpc) is 2.65. The molecule has 1 amide bonds. The van der Waals surface area contributed by atoms with Crippen LogP contribution in [0.15, 0.2) is 6.07 Å². The smallest absolute Gasteiger partial charge is 0.376 e. The van der Waals surface area contributed by atoms with E-state index in [1.165, 1.54) is 0 Å². The number of aromatic nitrogens is 1.